The van der Waals surface area contributed by atoms with Crippen LogP contribution in [0.2, 0.25) is 0 Å². The van der Waals surface area contributed by atoms with Gasteiger partial charge in [0.2, 0.25) is 0 Å². The van der Waals surface area contributed by atoms with Crippen molar-refractivity contribution in [1.82, 2.24) is 15.1 Å². The Morgan fingerprint density at radius 2 is 1.74 bits per heavy atom. The molecular formula is C13H24F3N3. The SMILES string of the molecule is FC(F)(F)CN1CCN(CCCC2CCNC2)CC1. The van der Waals surface area contributed by atoms with E-state index in [2.05, 4.69) is 10.2 Å². The molecule has 112 valence electrons. The maximum Gasteiger partial charge on any atom is 0.401 e. The van der Waals surface area contributed by atoms with Crippen LogP contribution in [0, 0.1) is 5.92 Å². The van der Waals surface area contributed by atoms with Crippen LogP contribution in [0.4, 0.5) is 13.2 Å². The Kier molecular flexibility index (Phi) is 5.47. The lowest BCUT2D eigenvalue weighted by atomic mass is 10.0. The van der Waals surface area contributed by atoms with Crippen molar-refractivity contribution in [3.05, 3.63) is 0 Å². The van der Waals surface area contributed by atoms with Gasteiger partial charge in [-0.1, -0.05) is 0 Å². The molecule has 2 heterocycles. The molecule has 0 amide bonds. The van der Waals surface area contributed by atoms with Crippen molar-refractivity contribution in [3.63, 3.8) is 0 Å². The van der Waals surface area contributed by atoms with Gasteiger partial charge in [0, 0.05) is 26.2 Å². The summed E-state index contributed by atoms with van der Waals surface area (Å²) in [5.41, 5.74) is 0. The van der Waals surface area contributed by atoms with Crippen molar-refractivity contribution in [2.24, 2.45) is 5.92 Å². The van der Waals surface area contributed by atoms with Gasteiger partial charge < -0.3 is 10.2 Å². The van der Waals surface area contributed by atoms with Crippen LogP contribution in [0.1, 0.15) is 19.3 Å². The van der Waals surface area contributed by atoms with Crippen LogP contribution in [0.5, 0.6) is 0 Å². The minimum absolute atomic E-state index is 0.546. The van der Waals surface area contributed by atoms with Crippen LogP contribution in [0.25, 0.3) is 0 Å². The van der Waals surface area contributed by atoms with Crippen molar-refractivity contribution in [2.75, 3.05) is 52.4 Å². The third-order valence-corrected chi connectivity index (χ3v) is 4.12. The molecule has 0 aromatic heterocycles. The second kappa shape index (κ2) is 6.90. The third kappa shape index (κ3) is 5.67. The van der Waals surface area contributed by atoms with Crippen LogP contribution >= 0.6 is 0 Å². The highest BCUT2D eigenvalue weighted by Crippen LogP contribution is 2.18. The van der Waals surface area contributed by atoms with E-state index in [4.69, 9.17) is 0 Å². The van der Waals surface area contributed by atoms with E-state index in [-0.39, 0.29) is 0 Å². The molecule has 0 spiro atoms. The second-order valence-electron chi connectivity index (χ2n) is 5.73. The van der Waals surface area contributed by atoms with Gasteiger partial charge in [0.05, 0.1) is 6.54 Å². The molecule has 1 N–H and O–H groups in total. The Labute approximate surface area is 113 Å². The molecule has 2 aliphatic rings. The van der Waals surface area contributed by atoms with Gasteiger partial charge in [0.15, 0.2) is 0 Å². The number of piperazine rings is 1. The second-order valence-corrected chi connectivity index (χ2v) is 5.73. The summed E-state index contributed by atoms with van der Waals surface area (Å²) >= 11 is 0. The number of rotatable bonds is 5. The van der Waals surface area contributed by atoms with E-state index in [1.807, 2.05) is 0 Å². The van der Waals surface area contributed by atoms with Crippen molar-refractivity contribution in [3.8, 4) is 0 Å². The standard InChI is InChI=1S/C13H24F3N3/c14-13(15,16)11-19-8-6-18(7-9-19)5-1-2-12-3-4-17-10-12/h12,17H,1-11H2. The summed E-state index contributed by atoms with van der Waals surface area (Å²) in [6.07, 6.45) is -0.363. The molecule has 0 radical (unpaired) electrons. The Morgan fingerprint density at radius 1 is 1.05 bits per heavy atom. The average Bonchev–Trinajstić information content (AvgIpc) is 2.82. The normalized spacial score (nSPS) is 27.0. The predicted molar refractivity (Wildman–Crippen MR) is 69.1 cm³/mol. The zero-order chi connectivity index (χ0) is 13.7. The van der Waals surface area contributed by atoms with Crippen molar-refractivity contribution >= 4 is 0 Å². The molecule has 0 saturated carbocycles. The van der Waals surface area contributed by atoms with E-state index in [1.54, 1.807) is 0 Å². The van der Waals surface area contributed by atoms with Crippen LogP contribution in [0.3, 0.4) is 0 Å². The van der Waals surface area contributed by atoms with Crippen LogP contribution in [-0.4, -0.2) is 68.3 Å². The summed E-state index contributed by atoms with van der Waals surface area (Å²) in [7, 11) is 0. The zero-order valence-corrected chi connectivity index (χ0v) is 11.4. The molecule has 2 fully saturated rings. The lowest BCUT2D eigenvalue weighted by molar-refractivity contribution is -0.149. The minimum atomic E-state index is -4.06. The molecule has 0 aliphatic carbocycles. The molecule has 2 saturated heterocycles. The Hall–Kier alpha value is -0.330. The van der Waals surface area contributed by atoms with Crippen molar-refractivity contribution in [1.29, 1.82) is 0 Å². The van der Waals surface area contributed by atoms with Gasteiger partial charge >= 0.3 is 6.18 Å². The van der Waals surface area contributed by atoms with Gasteiger partial charge in [-0.05, 0) is 44.8 Å². The number of nitrogens with one attached hydrogen (secondary N) is 1. The maximum absolute atomic E-state index is 12.3. The molecule has 3 nitrogen and oxygen atoms in total. The molecule has 2 rings (SSSR count). The highest BCUT2D eigenvalue weighted by molar-refractivity contribution is 4.75. The molecule has 2 aliphatic heterocycles. The minimum Gasteiger partial charge on any atom is -0.316 e. The van der Waals surface area contributed by atoms with Crippen LogP contribution in [-0.2, 0) is 0 Å². The molecule has 0 bridgehead atoms. The van der Waals surface area contributed by atoms with Crippen molar-refractivity contribution < 1.29 is 13.2 Å². The molecule has 19 heavy (non-hydrogen) atoms. The lowest BCUT2D eigenvalue weighted by Crippen LogP contribution is -2.49. The highest BCUT2D eigenvalue weighted by atomic mass is 19.4. The molecule has 1 unspecified atom stereocenters. The maximum atomic E-state index is 12.3. The van der Waals surface area contributed by atoms with Gasteiger partial charge in [-0.25, -0.2) is 0 Å². The first-order valence-corrected chi connectivity index (χ1v) is 7.25. The monoisotopic (exact) mass is 279 g/mol. The van der Waals surface area contributed by atoms with E-state index >= 15 is 0 Å². The number of nitrogens with zero attached hydrogens (tertiary/aromatic N) is 2. The van der Waals surface area contributed by atoms with E-state index < -0.39 is 12.7 Å². The summed E-state index contributed by atoms with van der Waals surface area (Å²) < 4.78 is 36.8. The predicted octanol–water partition coefficient (Wildman–Crippen LogP) is 1.56. The summed E-state index contributed by atoms with van der Waals surface area (Å²) in [4.78, 5) is 3.81. The van der Waals surface area contributed by atoms with E-state index in [0.717, 1.165) is 38.6 Å². The van der Waals surface area contributed by atoms with Crippen LogP contribution in [0.15, 0.2) is 0 Å². The first kappa shape index (κ1) is 15.1. The van der Waals surface area contributed by atoms with Gasteiger partial charge in [-0.15, -0.1) is 0 Å². The van der Waals surface area contributed by atoms with Crippen LogP contribution < -0.4 is 5.32 Å². The molecule has 6 heteroatoms. The molecule has 1 atom stereocenters. The number of halogens is 3. The van der Waals surface area contributed by atoms with Gasteiger partial charge in [-0.3, -0.25) is 4.90 Å². The molecule has 0 aromatic carbocycles. The summed E-state index contributed by atoms with van der Waals surface area (Å²) in [6, 6.07) is 0. The summed E-state index contributed by atoms with van der Waals surface area (Å²) in [5, 5.41) is 3.36. The zero-order valence-electron chi connectivity index (χ0n) is 11.4. The number of hydrogen-bond donors (Lipinski definition) is 1. The van der Waals surface area contributed by atoms with Gasteiger partial charge in [0.1, 0.15) is 0 Å². The Bertz CT molecular complexity index is 256. The largest absolute Gasteiger partial charge is 0.401 e. The molecular weight excluding hydrogens is 255 g/mol. The molecule has 0 aromatic rings. The average molecular weight is 279 g/mol. The number of hydrogen-bond acceptors (Lipinski definition) is 3. The first-order chi connectivity index (χ1) is 9.03. The van der Waals surface area contributed by atoms with Gasteiger partial charge in [-0.2, -0.15) is 13.2 Å². The smallest absolute Gasteiger partial charge is 0.316 e. The van der Waals surface area contributed by atoms with E-state index in [9.17, 15) is 13.2 Å². The quantitative estimate of drug-likeness (QED) is 0.824. The highest BCUT2D eigenvalue weighted by Gasteiger charge is 2.32. The first-order valence-electron chi connectivity index (χ1n) is 7.25. The van der Waals surface area contributed by atoms with Gasteiger partial charge in [0.25, 0.3) is 0 Å². The summed E-state index contributed by atoms with van der Waals surface area (Å²) in [6.45, 7) is 5.21. The topological polar surface area (TPSA) is 18.5 Å². The Balaban J connectivity index is 1.55. The number of alkyl halides is 3. The summed E-state index contributed by atoms with van der Waals surface area (Å²) in [5.74, 6) is 0.812. The van der Waals surface area contributed by atoms with E-state index in [1.165, 1.54) is 24.2 Å². The van der Waals surface area contributed by atoms with E-state index in [0.29, 0.717) is 13.1 Å². The fourth-order valence-electron chi connectivity index (χ4n) is 2.99. The lowest BCUT2D eigenvalue weighted by Gasteiger charge is -2.35. The Morgan fingerprint density at radius 3 is 2.32 bits per heavy atom. The fourth-order valence-corrected chi connectivity index (χ4v) is 2.99. The third-order valence-electron chi connectivity index (χ3n) is 4.12. The van der Waals surface area contributed by atoms with Crippen molar-refractivity contribution in [2.45, 2.75) is 25.4 Å². The fraction of sp³-hybridized carbons (Fsp3) is 1.00.